The van der Waals surface area contributed by atoms with Gasteiger partial charge in [-0.1, -0.05) is 12.1 Å². The molecule has 4 rings (SSSR count). The maximum absolute atomic E-state index is 10.5. The molecule has 0 saturated carbocycles. The SMILES string of the molecule is Cc1cccn2cc(CN3CCC(C(O)c4cccs4)CC3)nc12. The molecule has 0 aromatic carbocycles. The van der Waals surface area contributed by atoms with E-state index in [0.29, 0.717) is 5.92 Å². The summed E-state index contributed by atoms with van der Waals surface area (Å²) in [6.45, 7) is 5.05. The number of fused-ring (bicyclic) bond motifs is 1. The first kappa shape index (κ1) is 15.8. The van der Waals surface area contributed by atoms with E-state index >= 15 is 0 Å². The third-order valence-corrected chi connectivity index (χ3v) is 5.97. The quantitative estimate of drug-likeness (QED) is 0.787. The molecular formula is C19H23N3OS. The summed E-state index contributed by atoms with van der Waals surface area (Å²) in [7, 11) is 0. The van der Waals surface area contributed by atoms with E-state index in [1.54, 1.807) is 11.3 Å². The van der Waals surface area contributed by atoms with E-state index in [2.05, 4.69) is 40.8 Å². The molecule has 0 aliphatic carbocycles. The molecule has 1 unspecified atom stereocenters. The summed E-state index contributed by atoms with van der Waals surface area (Å²) < 4.78 is 2.11. The number of aliphatic hydroxyl groups is 1. The molecule has 0 amide bonds. The molecule has 0 bridgehead atoms. The first-order valence-electron chi connectivity index (χ1n) is 8.58. The van der Waals surface area contributed by atoms with Gasteiger partial charge in [0.25, 0.3) is 0 Å². The fourth-order valence-corrected chi connectivity index (χ4v) is 4.43. The van der Waals surface area contributed by atoms with E-state index in [0.717, 1.165) is 48.7 Å². The molecule has 1 N–H and O–H groups in total. The molecule has 1 fully saturated rings. The van der Waals surface area contributed by atoms with Crippen molar-refractivity contribution < 1.29 is 5.11 Å². The second-order valence-electron chi connectivity index (χ2n) is 6.73. The topological polar surface area (TPSA) is 40.8 Å². The van der Waals surface area contributed by atoms with E-state index in [9.17, 15) is 5.11 Å². The highest BCUT2D eigenvalue weighted by Gasteiger charge is 2.27. The van der Waals surface area contributed by atoms with Crippen LogP contribution in [0.25, 0.3) is 5.65 Å². The van der Waals surface area contributed by atoms with Crippen LogP contribution in [0.1, 0.15) is 35.1 Å². The highest BCUT2D eigenvalue weighted by Crippen LogP contribution is 2.33. The van der Waals surface area contributed by atoms with Gasteiger partial charge in [0.15, 0.2) is 0 Å². The maximum atomic E-state index is 10.5. The fourth-order valence-electron chi connectivity index (χ4n) is 3.63. The number of piperidine rings is 1. The minimum atomic E-state index is -0.301. The number of aromatic nitrogens is 2. The number of aryl methyl sites for hydroxylation is 1. The maximum Gasteiger partial charge on any atom is 0.139 e. The van der Waals surface area contributed by atoms with Crippen LogP contribution in [0.4, 0.5) is 0 Å². The van der Waals surface area contributed by atoms with Crippen LogP contribution in [-0.2, 0) is 6.54 Å². The van der Waals surface area contributed by atoms with Crippen molar-refractivity contribution in [3.05, 3.63) is 58.2 Å². The molecule has 0 spiro atoms. The number of aliphatic hydroxyl groups excluding tert-OH is 1. The lowest BCUT2D eigenvalue weighted by Crippen LogP contribution is -2.35. The van der Waals surface area contributed by atoms with Crippen LogP contribution in [0.5, 0.6) is 0 Å². The van der Waals surface area contributed by atoms with Gasteiger partial charge in [-0.15, -0.1) is 11.3 Å². The van der Waals surface area contributed by atoms with Gasteiger partial charge in [-0.2, -0.15) is 0 Å². The van der Waals surface area contributed by atoms with E-state index < -0.39 is 0 Å². The molecule has 1 aliphatic rings. The van der Waals surface area contributed by atoms with Gasteiger partial charge in [0.05, 0.1) is 11.8 Å². The highest BCUT2D eigenvalue weighted by atomic mass is 32.1. The summed E-state index contributed by atoms with van der Waals surface area (Å²) >= 11 is 1.66. The monoisotopic (exact) mass is 341 g/mol. The van der Waals surface area contributed by atoms with Crippen LogP contribution in [-0.4, -0.2) is 32.5 Å². The summed E-state index contributed by atoms with van der Waals surface area (Å²) in [4.78, 5) is 8.33. The molecule has 24 heavy (non-hydrogen) atoms. The summed E-state index contributed by atoms with van der Waals surface area (Å²) in [6, 6.07) is 8.22. The summed E-state index contributed by atoms with van der Waals surface area (Å²) in [5, 5.41) is 12.6. The van der Waals surface area contributed by atoms with Crippen molar-refractivity contribution in [3.8, 4) is 0 Å². The van der Waals surface area contributed by atoms with Crippen LogP contribution in [0.2, 0.25) is 0 Å². The van der Waals surface area contributed by atoms with Gasteiger partial charge in [-0.25, -0.2) is 4.98 Å². The van der Waals surface area contributed by atoms with Crippen molar-refractivity contribution in [2.45, 2.75) is 32.4 Å². The zero-order valence-electron chi connectivity index (χ0n) is 13.9. The lowest BCUT2D eigenvalue weighted by atomic mass is 9.90. The van der Waals surface area contributed by atoms with Gasteiger partial charge in [0.1, 0.15) is 5.65 Å². The second-order valence-corrected chi connectivity index (χ2v) is 7.71. The Morgan fingerprint density at radius 2 is 2.12 bits per heavy atom. The minimum Gasteiger partial charge on any atom is -0.387 e. The van der Waals surface area contributed by atoms with Crippen molar-refractivity contribution in [1.29, 1.82) is 0 Å². The standard InChI is InChI=1S/C19H23N3OS/c1-14-4-2-8-22-13-16(20-19(14)22)12-21-9-6-15(7-10-21)18(23)17-5-3-11-24-17/h2-5,8,11,13,15,18,23H,6-7,9-10,12H2,1H3. The Morgan fingerprint density at radius 1 is 1.29 bits per heavy atom. The Labute approximate surface area is 146 Å². The molecule has 5 heteroatoms. The number of likely N-dealkylation sites (tertiary alicyclic amines) is 1. The van der Waals surface area contributed by atoms with E-state index in [4.69, 9.17) is 4.98 Å². The van der Waals surface area contributed by atoms with Gasteiger partial charge >= 0.3 is 0 Å². The van der Waals surface area contributed by atoms with Crippen LogP contribution in [0, 0.1) is 12.8 Å². The van der Waals surface area contributed by atoms with Crippen molar-refractivity contribution in [3.63, 3.8) is 0 Å². The zero-order valence-corrected chi connectivity index (χ0v) is 14.7. The van der Waals surface area contributed by atoms with Gasteiger partial charge in [-0.05, 0) is 61.8 Å². The van der Waals surface area contributed by atoms with Crippen LogP contribution < -0.4 is 0 Å². The van der Waals surface area contributed by atoms with E-state index in [1.807, 2.05) is 17.5 Å². The number of hydrogen-bond donors (Lipinski definition) is 1. The Bertz CT molecular complexity index is 803. The van der Waals surface area contributed by atoms with Gasteiger partial charge in [0, 0.05) is 23.8 Å². The summed E-state index contributed by atoms with van der Waals surface area (Å²) in [5.74, 6) is 0.378. The number of nitrogens with zero attached hydrogens (tertiary/aromatic N) is 3. The first-order chi connectivity index (χ1) is 11.7. The lowest BCUT2D eigenvalue weighted by Gasteiger charge is -2.33. The molecular weight excluding hydrogens is 318 g/mol. The molecule has 1 aliphatic heterocycles. The zero-order chi connectivity index (χ0) is 16.5. The average molecular weight is 341 g/mol. The van der Waals surface area contributed by atoms with Crippen LogP contribution in [0.3, 0.4) is 0 Å². The van der Waals surface area contributed by atoms with Gasteiger partial charge in [-0.3, -0.25) is 4.90 Å². The Kier molecular flexibility index (Phi) is 4.39. The molecule has 4 heterocycles. The van der Waals surface area contributed by atoms with Gasteiger partial charge in [0.2, 0.25) is 0 Å². The molecule has 0 radical (unpaired) electrons. The molecule has 4 nitrogen and oxygen atoms in total. The summed E-state index contributed by atoms with van der Waals surface area (Å²) in [5.41, 5.74) is 3.39. The number of rotatable bonds is 4. The second kappa shape index (κ2) is 6.67. The Morgan fingerprint density at radius 3 is 2.83 bits per heavy atom. The third-order valence-electron chi connectivity index (χ3n) is 5.03. The van der Waals surface area contributed by atoms with Crippen LogP contribution in [0.15, 0.2) is 42.0 Å². The third kappa shape index (κ3) is 3.11. The molecule has 126 valence electrons. The van der Waals surface area contributed by atoms with Crippen LogP contribution >= 0.6 is 11.3 Å². The molecule has 1 atom stereocenters. The predicted octanol–water partition coefficient (Wildman–Crippen LogP) is 3.65. The largest absolute Gasteiger partial charge is 0.387 e. The van der Waals surface area contributed by atoms with Crippen molar-refractivity contribution in [1.82, 2.24) is 14.3 Å². The Hall–Kier alpha value is -1.69. The van der Waals surface area contributed by atoms with Crippen molar-refractivity contribution >= 4 is 17.0 Å². The normalized spacial score (nSPS) is 18.2. The Balaban J connectivity index is 1.38. The smallest absolute Gasteiger partial charge is 0.139 e. The van der Waals surface area contributed by atoms with Crippen molar-refractivity contribution in [2.75, 3.05) is 13.1 Å². The predicted molar refractivity (Wildman–Crippen MR) is 97.2 cm³/mol. The minimum absolute atomic E-state index is 0.301. The lowest BCUT2D eigenvalue weighted by molar-refractivity contribution is 0.0588. The number of imidazole rings is 1. The molecule has 1 saturated heterocycles. The van der Waals surface area contributed by atoms with E-state index in [-0.39, 0.29) is 6.10 Å². The summed E-state index contributed by atoms with van der Waals surface area (Å²) in [6.07, 6.45) is 5.99. The fraction of sp³-hybridized carbons (Fsp3) is 0.421. The number of hydrogen-bond acceptors (Lipinski definition) is 4. The first-order valence-corrected chi connectivity index (χ1v) is 9.45. The highest BCUT2D eigenvalue weighted by molar-refractivity contribution is 7.10. The number of thiophene rings is 1. The van der Waals surface area contributed by atoms with Crippen molar-refractivity contribution in [2.24, 2.45) is 5.92 Å². The number of pyridine rings is 1. The molecule has 3 aromatic rings. The molecule has 3 aromatic heterocycles. The van der Waals surface area contributed by atoms with Gasteiger partial charge < -0.3 is 9.51 Å². The van der Waals surface area contributed by atoms with E-state index in [1.165, 1.54) is 5.56 Å². The average Bonchev–Trinajstić information content (AvgIpc) is 3.25.